The molecule has 0 aliphatic carbocycles. The van der Waals surface area contributed by atoms with Crippen molar-refractivity contribution in [3.63, 3.8) is 0 Å². The van der Waals surface area contributed by atoms with Crippen LogP contribution in [0.3, 0.4) is 0 Å². The summed E-state index contributed by atoms with van der Waals surface area (Å²) in [6.45, 7) is 0. The molecule has 0 aliphatic rings. The molecule has 0 N–H and O–H groups in total. The van der Waals surface area contributed by atoms with Crippen molar-refractivity contribution in [3.8, 4) is 0 Å². The van der Waals surface area contributed by atoms with Crippen molar-refractivity contribution in [2.24, 2.45) is 0 Å². The molecule has 0 nitrogen and oxygen atoms in total. The number of alkyl halides is 10. The standard InChI is InChI=1S/C6H4Cl2F7I/c7-4(11,6(8,14)15)1-3(9,10)2-5(12,13)16/h1-2H2. The van der Waals surface area contributed by atoms with Gasteiger partial charge in [0.2, 0.25) is 0 Å². The van der Waals surface area contributed by atoms with Gasteiger partial charge in [-0.1, -0.05) is 11.6 Å². The van der Waals surface area contributed by atoms with Crippen LogP contribution in [-0.4, -0.2) is 20.4 Å². The summed E-state index contributed by atoms with van der Waals surface area (Å²) in [7, 11) is 0. The molecular weight excluding hydrogens is 403 g/mol. The fourth-order valence-corrected chi connectivity index (χ4v) is 1.60. The fourth-order valence-electron chi connectivity index (χ4n) is 0.781. The van der Waals surface area contributed by atoms with E-state index >= 15 is 0 Å². The molecule has 98 valence electrons. The summed E-state index contributed by atoms with van der Waals surface area (Å²) in [5.41, 5.74) is 0. The van der Waals surface area contributed by atoms with Crippen molar-refractivity contribution in [2.75, 3.05) is 0 Å². The first-order chi connectivity index (χ1) is 6.66. The lowest BCUT2D eigenvalue weighted by molar-refractivity contribution is -0.118. The van der Waals surface area contributed by atoms with E-state index in [0.717, 1.165) is 0 Å². The SMILES string of the molecule is FC(F)(I)CC(F)(F)CC(F)(Cl)C(F)(F)Cl. The Balaban J connectivity index is 4.72. The topological polar surface area (TPSA) is 0 Å². The van der Waals surface area contributed by atoms with Gasteiger partial charge in [0.25, 0.3) is 11.1 Å². The third-order valence-electron chi connectivity index (χ3n) is 1.35. The first-order valence-electron chi connectivity index (χ1n) is 3.55. The maximum absolute atomic E-state index is 12.8. The van der Waals surface area contributed by atoms with Crippen molar-refractivity contribution in [2.45, 2.75) is 33.2 Å². The van der Waals surface area contributed by atoms with Gasteiger partial charge < -0.3 is 0 Å². The average Bonchev–Trinajstić information content (AvgIpc) is 1.72. The first-order valence-corrected chi connectivity index (χ1v) is 5.39. The van der Waals surface area contributed by atoms with E-state index in [0.29, 0.717) is 22.6 Å². The molecule has 0 aliphatic heterocycles. The van der Waals surface area contributed by atoms with Crippen LogP contribution in [0.25, 0.3) is 0 Å². The van der Waals surface area contributed by atoms with Gasteiger partial charge in [0.15, 0.2) is 0 Å². The summed E-state index contributed by atoms with van der Waals surface area (Å²) in [5, 5.41) is -9.07. The minimum Gasteiger partial charge on any atom is -0.218 e. The lowest BCUT2D eigenvalue weighted by Gasteiger charge is -2.28. The van der Waals surface area contributed by atoms with Gasteiger partial charge in [0.05, 0.1) is 12.8 Å². The monoisotopic (exact) mass is 406 g/mol. The molecule has 10 heteroatoms. The second kappa shape index (κ2) is 4.83. The van der Waals surface area contributed by atoms with Gasteiger partial charge in [-0.25, -0.2) is 13.2 Å². The van der Waals surface area contributed by atoms with Gasteiger partial charge >= 0.3 is 9.31 Å². The maximum atomic E-state index is 12.8. The third kappa shape index (κ3) is 5.95. The summed E-state index contributed by atoms with van der Waals surface area (Å²) in [6, 6.07) is 0. The molecular formula is C6H4Cl2F7I. The van der Waals surface area contributed by atoms with Gasteiger partial charge in [-0.05, 0) is 34.2 Å². The third-order valence-corrected chi connectivity index (χ3v) is 2.50. The molecule has 0 bridgehead atoms. The molecule has 0 radical (unpaired) electrons. The zero-order valence-electron chi connectivity index (χ0n) is 7.19. The zero-order valence-corrected chi connectivity index (χ0v) is 10.9. The highest BCUT2D eigenvalue weighted by Crippen LogP contribution is 2.48. The Hall–Kier alpha value is 0.820. The molecule has 1 atom stereocenters. The molecule has 0 aromatic rings. The van der Waals surface area contributed by atoms with Crippen LogP contribution in [0.1, 0.15) is 12.8 Å². The first kappa shape index (κ1) is 16.8. The van der Waals surface area contributed by atoms with Crippen molar-refractivity contribution in [3.05, 3.63) is 0 Å². The van der Waals surface area contributed by atoms with Gasteiger partial charge in [-0.3, -0.25) is 0 Å². The zero-order chi connectivity index (χ0) is 13.4. The second-order valence-corrected chi connectivity index (χ2v) is 5.68. The summed E-state index contributed by atoms with van der Waals surface area (Å²) < 4.78 is 83.3. The average molecular weight is 407 g/mol. The number of hydrogen-bond acceptors (Lipinski definition) is 0. The van der Waals surface area contributed by atoms with E-state index in [1.807, 2.05) is 0 Å². The van der Waals surface area contributed by atoms with Crippen LogP contribution in [0.4, 0.5) is 30.7 Å². The fraction of sp³-hybridized carbons (Fsp3) is 1.00. The van der Waals surface area contributed by atoms with Gasteiger partial charge in [-0.2, -0.15) is 17.6 Å². The predicted octanol–water partition coefficient (Wildman–Crippen LogP) is 5.17. The second-order valence-electron chi connectivity index (χ2n) is 3.03. The summed E-state index contributed by atoms with van der Waals surface area (Å²) in [6.07, 6.45) is -4.41. The summed E-state index contributed by atoms with van der Waals surface area (Å²) in [5.74, 6) is -4.40. The van der Waals surface area contributed by atoms with E-state index in [9.17, 15) is 30.7 Å². The quantitative estimate of drug-likeness (QED) is 0.336. The van der Waals surface area contributed by atoms with Crippen LogP contribution in [0.2, 0.25) is 0 Å². The van der Waals surface area contributed by atoms with E-state index < -0.39 is 33.2 Å². The van der Waals surface area contributed by atoms with E-state index in [-0.39, 0.29) is 0 Å². The van der Waals surface area contributed by atoms with Crippen molar-refractivity contribution >= 4 is 45.8 Å². The summed E-state index contributed by atoms with van der Waals surface area (Å²) >= 11 is 8.96. The van der Waals surface area contributed by atoms with E-state index in [1.165, 1.54) is 0 Å². The molecule has 1 unspecified atom stereocenters. The molecule has 0 aromatic heterocycles. The van der Waals surface area contributed by atoms with Crippen LogP contribution >= 0.6 is 45.8 Å². The molecule has 0 saturated carbocycles. The predicted molar refractivity (Wildman–Crippen MR) is 53.6 cm³/mol. The van der Waals surface area contributed by atoms with E-state index in [2.05, 4.69) is 23.2 Å². The molecule has 0 fully saturated rings. The Kier molecular flexibility index (Phi) is 5.08. The molecule has 0 saturated heterocycles. The smallest absolute Gasteiger partial charge is 0.218 e. The van der Waals surface area contributed by atoms with Crippen molar-refractivity contribution < 1.29 is 30.7 Å². The Morgan fingerprint density at radius 1 is 0.812 bits per heavy atom. The molecule has 16 heavy (non-hydrogen) atoms. The highest BCUT2D eigenvalue weighted by Gasteiger charge is 2.59. The van der Waals surface area contributed by atoms with Gasteiger partial charge in [0.1, 0.15) is 0 Å². The van der Waals surface area contributed by atoms with Gasteiger partial charge in [-0.15, -0.1) is 0 Å². The minimum atomic E-state index is -4.78. The highest BCUT2D eigenvalue weighted by atomic mass is 127. The highest BCUT2D eigenvalue weighted by molar-refractivity contribution is 14.1. The van der Waals surface area contributed by atoms with Crippen LogP contribution in [0.5, 0.6) is 0 Å². The molecule has 0 amide bonds. The van der Waals surface area contributed by atoms with Crippen molar-refractivity contribution in [1.29, 1.82) is 0 Å². The molecule has 0 rings (SSSR count). The lowest BCUT2D eigenvalue weighted by atomic mass is 10.1. The maximum Gasteiger partial charge on any atom is 0.369 e. The normalized spacial score (nSPS) is 18.4. The van der Waals surface area contributed by atoms with E-state index in [4.69, 9.17) is 0 Å². The number of rotatable bonds is 5. The number of hydrogen-bond donors (Lipinski definition) is 0. The van der Waals surface area contributed by atoms with Crippen molar-refractivity contribution in [1.82, 2.24) is 0 Å². The Morgan fingerprint density at radius 3 is 1.44 bits per heavy atom. The largest absolute Gasteiger partial charge is 0.369 e. The van der Waals surface area contributed by atoms with Crippen LogP contribution in [0, 0.1) is 0 Å². The molecule has 0 spiro atoms. The van der Waals surface area contributed by atoms with Crippen LogP contribution < -0.4 is 0 Å². The Labute approximate surface area is 110 Å². The molecule has 0 aromatic carbocycles. The van der Waals surface area contributed by atoms with Crippen LogP contribution in [-0.2, 0) is 0 Å². The summed E-state index contributed by atoms with van der Waals surface area (Å²) in [4.78, 5) is 0. The van der Waals surface area contributed by atoms with Crippen LogP contribution in [0.15, 0.2) is 0 Å². The Bertz CT molecular complexity index is 244. The number of halogens is 10. The minimum absolute atomic E-state index is 0.375. The lowest BCUT2D eigenvalue weighted by Crippen LogP contribution is -2.41. The van der Waals surface area contributed by atoms with Gasteiger partial charge in [0, 0.05) is 0 Å². The van der Waals surface area contributed by atoms with E-state index in [1.54, 1.807) is 0 Å². The Morgan fingerprint density at radius 2 is 1.19 bits per heavy atom. The molecule has 0 heterocycles.